The summed E-state index contributed by atoms with van der Waals surface area (Å²) >= 11 is 1.33. The van der Waals surface area contributed by atoms with E-state index in [-0.39, 0.29) is 13.2 Å². The highest BCUT2D eigenvalue weighted by Crippen LogP contribution is 2.41. The molecule has 2 aliphatic heterocycles. The minimum absolute atomic E-state index is 0.269. The molecular formula is C27H31N7O6S. The van der Waals surface area contributed by atoms with Crippen LogP contribution in [0.1, 0.15) is 12.1 Å². The highest BCUT2D eigenvalue weighted by atomic mass is 32.2. The van der Waals surface area contributed by atoms with Gasteiger partial charge in [-0.2, -0.15) is 0 Å². The van der Waals surface area contributed by atoms with E-state index in [2.05, 4.69) is 25.6 Å². The van der Waals surface area contributed by atoms with E-state index in [1.54, 1.807) is 34.2 Å². The second kappa shape index (κ2) is 12.3. The van der Waals surface area contributed by atoms with Crippen molar-refractivity contribution in [1.82, 2.24) is 35.0 Å². The van der Waals surface area contributed by atoms with Crippen molar-refractivity contribution in [3.05, 3.63) is 67.3 Å². The van der Waals surface area contributed by atoms with Crippen LogP contribution in [-0.2, 0) is 14.2 Å². The summed E-state index contributed by atoms with van der Waals surface area (Å²) in [6, 6.07) is 12.1. The van der Waals surface area contributed by atoms with Gasteiger partial charge < -0.3 is 29.5 Å². The van der Waals surface area contributed by atoms with Crippen molar-refractivity contribution in [2.24, 2.45) is 0 Å². The van der Waals surface area contributed by atoms with E-state index in [0.29, 0.717) is 11.4 Å². The van der Waals surface area contributed by atoms with Gasteiger partial charge in [0.05, 0.1) is 43.6 Å². The number of ether oxygens (including phenoxy) is 3. The Morgan fingerprint density at radius 1 is 0.927 bits per heavy atom. The van der Waals surface area contributed by atoms with E-state index in [1.807, 2.05) is 42.5 Å². The Labute approximate surface area is 240 Å². The van der Waals surface area contributed by atoms with E-state index in [1.165, 1.54) is 18.9 Å². The van der Waals surface area contributed by atoms with Crippen LogP contribution in [0, 0.1) is 0 Å². The van der Waals surface area contributed by atoms with Crippen LogP contribution in [0.4, 0.5) is 0 Å². The van der Waals surface area contributed by atoms with Gasteiger partial charge in [-0.05, 0) is 12.1 Å². The van der Waals surface area contributed by atoms with Gasteiger partial charge in [-0.1, -0.05) is 40.8 Å². The monoisotopic (exact) mass is 581 g/mol. The van der Waals surface area contributed by atoms with Crippen molar-refractivity contribution in [2.75, 3.05) is 26.9 Å². The zero-order valence-corrected chi connectivity index (χ0v) is 23.0. The Bertz CT molecular complexity index is 1410. The summed E-state index contributed by atoms with van der Waals surface area (Å²) in [5, 5.41) is 49.3. The predicted molar refractivity (Wildman–Crippen MR) is 148 cm³/mol. The van der Waals surface area contributed by atoms with Gasteiger partial charge in [-0.25, -0.2) is 9.36 Å². The van der Waals surface area contributed by atoms with Crippen molar-refractivity contribution in [2.45, 2.75) is 47.2 Å². The first-order valence-corrected chi connectivity index (χ1v) is 14.2. The molecule has 3 aromatic heterocycles. The van der Waals surface area contributed by atoms with Gasteiger partial charge in [0.15, 0.2) is 0 Å². The summed E-state index contributed by atoms with van der Waals surface area (Å²) in [5.74, 6) is 0. The molecule has 8 atom stereocenters. The quantitative estimate of drug-likeness (QED) is 0.271. The lowest BCUT2D eigenvalue weighted by atomic mass is 9.97. The number of nitrogens with zero attached hydrogens (tertiary/aromatic N) is 7. The maximum absolute atomic E-state index is 11.4. The standard InChI is InChI=1S/C27H31N7O6S/c1-38-26-23(34-12-19(30-32-34)17-7-9-28-10-8-17)25(37)21(13-35)40-27(26)41-22-15-39-14-20(24(22)36)33-11-18(29-31-33)16-5-3-2-4-6-16/h2-12,20-27,35-37H,13-15H2,1H3/t20-,21+,22+,23-,24+,25-,26+,27-/m0/s1. The molecule has 4 aromatic rings. The zero-order valence-electron chi connectivity index (χ0n) is 22.2. The lowest BCUT2D eigenvalue weighted by Crippen LogP contribution is -2.56. The van der Waals surface area contributed by atoms with Crippen LogP contribution in [0.3, 0.4) is 0 Å². The summed E-state index contributed by atoms with van der Waals surface area (Å²) in [6.45, 7) is 0.127. The fourth-order valence-electron chi connectivity index (χ4n) is 5.26. The van der Waals surface area contributed by atoms with Gasteiger partial charge in [0, 0.05) is 30.6 Å². The summed E-state index contributed by atoms with van der Waals surface area (Å²) in [4.78, 5) is 4.04. The molecule has 2 saturated heterocycles. The van der Waals surface area contributed by atoms with Crippen molar-refractivity contribution in [3.8, 4) is 22.5 Å². The van der Waals surface area contributed by atoms with Gasteiger partial charge in [0.2, 0.25) is 0 Å². The number of hydrogen-bond acceptors (Lipinski definition) is 12. The molecule has 1 aromatic carbocycles. The van der Waals surface area contributed by atoms with E-state index < -0.39 is 53.8 Å². The maximum Gasteiger partial charge on any atom is 0.132 e. The minimum atomic E-state index is -1.12. The minimum Gasteiger partial charge on any atom is -0.394 e. The van der Waals surface area contributed by atoms with E-state index in [9.17, 15) is 15.3 Å². The number of pyridine rings is 1. The molecule has 2 fully saturated rings. The number of hydrogen-bond donors (Lipinski definition) is 3. The van der Waals surface area contributed by atoms with Crippen LogP contribution in [0.15, 0.2) is 67.3 Å². The first-order chi connectivity index (χ1) is 20.1. The number of thioether (sulfide) groups is 1. The molecular weight excluding hydrogens is 550 g/mol. The molecule has 0 bridgehead atoms. The van der Waals surface area contributed by atoms with E-state index in [4.69, 9.17) is 14.2 Å². The molecule has 5 heterocycles. The normalized spacial score (nSPS) is 30.3. The lowest BCUT2D eigenvalue weighted by Gasteiger charge is -2.45. The molecule has 0 saturated carbocycles. The molecule has 0 aliphatic carbocycles. The molecule has 216 valence electrons. The van der Waals surface area contributed by atoms with Crippen LogP contribution >= 0.6 is 11.8 Å². The maximum atomic E-state index is 11.4. The fourth-order valence-corrected chi connectivity index (χ4v) is 6.75. The molecule has 13 nitrogen and oxygen atoms in total. The van der Waals surface area contributed by atoms with Crippen LogP contribution in [0.2, 0.25) is 0 Å². The summed E-state index contributed by atoms with van der Waals surface area (Å²) < 4.78 is 21.0. The number of aromatic nitrogens is 7. The summed E-state index contributed by atoms with van der Waals surface area (Å²) in [7, 11) is 1.53. The number of methoxy groups -OCH3 is 1. The summed E-state index contributed by atoms with van der Waals surface area (Å²) in [5.41, 5.74) is 2.38. The third kappa shape index (κ3) is 5.64. The second-order valence-electron chi connectivity index (χ2n) is 9.95. The predicted octanol–water partition coefficient (Wildman–Crippen LogP) is 0.967. The van der Waals surface area contributed by atoms with E-state index in [0.717, 1.165) is 11.1 Å². The molecule has 41 heavy (non-hydrogen) atoms. The molecule has 6 rings (SSSR count). The Morgan fingerprint density at radius 2 is 1.61 bits per heavy atom. The fraction of sp³-hybridized carbons (Fsp3) is 0.444. The van der Waals surface area contributed by atoms with Crippen LogP contribution in [0.5, 0.6) is 0 Å². The molecule has 3 N–H and O–H groups in total. The topological polar surface area (TPSA) is 163 Å². The molecule has 0 radical (unpaired) electrons. The van der Waals surface area contributed by atoms with Gasteiger partial charge in [0.1, 0.15) is 47.2 Å². The molecule has 14 heteroatoms. The lowest BCUT2D eigenvalue weighted by molar-refractivity contribution is -0.186. The highest BCUT2D eigenvalue weighted by molar-refractivity contribution is 8.00. The zero-order chi connectivity index (χ0) is 28.3. The third-order valence-electron chi connectivity index (χ3n) is 7.46. The smallest absolute Gasteiger partial charge is 0.132 e. The summed E-state index contributed by atoms with van der Waals surface area (Å²) in [6.07, 6.45) is 3.29. The largest absolute Gasteiger partial charge is 0.394 e. The number of aliphatic hydroxyl groups is 3. The first-order valence-electron chi connectivity index (χ1n) is 13.2. The van der Waals surface area contributed by atoms with E-state index >= 15 is 0 Å². The van der Waals surface area contributed by atoms with Crippen molar-refractivity contribution < 1.29 is 29.5 Å². The van der Waals surface area contributed by atoms with Crippen LogP contribution in [0.25, 0.3) is 22.5 Å². The van der Waals surface area contributed by atoms with Crippen LogP contribution < -0.4 is 0 Å². The highest BCUT2D eigenvalue weighted by Gasteiger charge is 2.49. The SMILES string of the molecule is CO[C@@H]1[C@@H](n2cc(-c3ccncc3)nn2)[C@@H](O)[C@@H](CO)O[C@H]1S[C@@H]1COC[C@H](n2cc(-c3ccccc3)nn2)[C@H]1O. The van der Waals surface area contributed by atoms with Gasteiger partial charge in [-0.15, -0.1) is 22.0 Å². The Balaban J connectivity index is 1.22. The molecule has 0 unspecified atom stereocenters. The Morgan fingerprint density at radius 3 is 2.32 bits per heavy atom. The number of aliphatic hydroxyl groups excluding tert-OH is 3. The molecule has 0 amide bonds. The molecule has 0 spiro atoms. The van der Waals surface area contributed by atoms with Gasteiger partial charge in [0.25, 0.3) is 0 Å². The number of rotatable bonds is 8. The van der Waals surface area contributed by atoms with Gasteiger partial charge >= 0.3 is 0 Å². The number of benzene rings is 1. The van der Waals surface area contributed by atoms with Gasteiger partial charge in [-0.3, -0.25) is 4.98 Å². The average molecular weight is 582 g/mol. The van der Waals surface area contributed by atoms with Crippen molar-refractivity contribution in [3.63, 3.8) is 0 Å². The Hall–Kier alpha value is -3.24. The van der Waals surface area contributed by atoms with Crippen molar-refractivity contribution in [1.29, 1.82) is 0 Å². The van der Waals surface area contributed by atoms with Crippen LogP contribution in [-0.4, -0.2) is 112 Å². The first kappa shape index (κ1) is 27.9. The Kier molecular flexibility index (Phi) is 8.39. The molecule has 2 aliphatic rings. The third-order valence-corrected chi connectivity index (χ3v) is 8.88. The second-order valence-corrected chi connectivity index (χ2v) is 11.3. The average Bonchev–Trinajstić information content (AvgIpc) is 3.70. The van der Waals surface area contributed by atoms with Crippen molar-refractivity contribution >= 4 is 11.8 Å².